The zero-order valence-corrected chi connectivity index (χ0v) is 10.4. The van der Waals surface area contributed by atoms with Crippen LogP contribution in [0.25, 0.3) is 5.76 Å². The zero-order valence-electron chi connectivity index (χ0n) is 10.4. The summed E-state index contributed by atoms with van der Waals surface area (Å²) < 4.78 is 76.9. The van der Waals surface area contributed by atoms with Crippen LogP contribution in [0.15, 0.2) is 24.3 Å². The molecule has 0 aliphatic carbocycles. The molecule has 0 aromatic heterocycles. The van der Waals surface area contributed by atoms with Crippen molar-refractivity contribution >= 4 is 17.4 Å². The predicted molar refractivity (Wildman–Crippen MR) is 62.1 cm³/mol. The van der Waals surface area contributed by atoms with Crippen molar-refractivity contribution in [1.29, 1.82) is 0 Å². The molecule has 3 N–H and O–H groups in total. The largest absolute Gasteiger partial charge is 0.507 e. The highest BCUT2D eigenvalue weighted by molar-refractivity contribution is 5.93. The summed E-state index contributed by atoms with van der Waals surface area (Å²) in [5, 5.41) is 19.9. The van der Waals surface area contributed by atoms with Gasteiger partial charge >= 0.3 is 18.3 Å². The van der Waals surface area contributed by atoms with Gasteiger partial charge in [-0.1, -0.05) is 0 Å². The number of hydrogen-bond donors (Lipinski definition) is 3. The van der Waals surface area contributed by atoms with E-state index in [9.17, 15) is 36.2 Å². The van der Waals surface area contributed by atoms with Crippen molar-refractivity contribution in [3.63, 3.8) is 0 Å². The maximum Gasteiger partial charge on any atom is 0.426 e. The van der Waals surface area contributed by atoms with Gasteiger partial charge in [0.25, 0.3) is 5.54 Å². The van der Waals surface area contributed by atoms with Crippen molar-refractivity contribution in [2.75, 3.05) is 5.32 Å². The minimum Gasteiger partial charge on any atom is -0.507 e. The van der Waals surface area contributed by atoms with Gasteiger partial charge in [0.05, 0.1) is 5.56 Å². The average molecular weight is 327 g/mol. The molecule has 1 aliphatic heterocycles. The van der Waals surface area contributed by atoms with Crippen LogP contribution in [0.3, 0.4) is 0 Å². The van der Waals surface area contributed by atoms with Crippen molar-refractivity contribution < 1.29 is 41.4 Å². The van der Waals surface area contributed by atoms with Crippen LogP contribution in [-0.2, 0) is 11.0 Å². The maximum absolute atomic E-state index is 13.0. The van der Waals surface area contributed by atoms with E-state index in [2.05, 4.69) is 0 Å². The molecule has 2 rings (SSSR count). The summed E-state index contributed by atoms with van der Waals surface area (Å²) in [6, 6.07) is 1.62. The van der Waals surface area contributed by atoms with E-state index in [1.807, 2.05) is 0 Å². The summed E-state index contributed by atoms with van der Waals surface area (Å²) >= 11 is 0. The number of halogens is 6. The molecule has 1 aromatic rings. The van der Waals surface area contributed by atoms with Gasteiger partial charge < -0.3 is 15.5 Å². The van der Waals surface area contributed by atoms with Gasteiger partial charge in [-0.2, -0.15) is 26.3 Å². The standard InChI is InChI=1S/C12H7F6NO3/c13-11(14,15)5-1-2-6-7(3-5)19-10(9(21)22,4-8(6)20)12(16,17)18/h1-4,19-20H,(H,21,22). The highest BCUT2D eigenvalue weighted by atomic mass is 19.4. The Labute approximate surface area is 118 Å². The van der Waals surface area contributed by atoms with Gasteiger partial charge in [0.1, 0.15) is 5.76 Å². The van der Waals surface area contributed by atoms with Crippen molar-refractivity contribution in [2.24, 2.45) is 0 Å². The van der Waals surface area contributed by atoms with Crippen molar-refractivity contribution in [3.05, 3.63) is 35.4 Å². The topological polar surface area (TPSA) is 69.6 Å². The van der Waals surface area contributed by atoms with Gasteiger partial charge in [0.15, 0.2) is 0 Å². The molecule has 0 amide bonds. The maximum atomic E-state index is 13.0. The number of carboxylic acids is 1. The number of benzene rings is 1. The normalized spacial score (nSPS) is 21.6. The Bertz CT molecular complexity index is 664. The second kappa shape index (κ2) is 4.55. The van der Waals surface area contributed by atoms with E-state index in [0.717, 1.165) is 6.07 Å². The molecular weight excluding hydrogens is 320 g/mol. The third-order valence-electron chi connectivity index (χ3n) is 3.09. The Morgan fingerprint density at radius 1 is 1.14 bits per heavy atom. The van der Waals surface area contributed by atoms with Crippen LogP contribution in [0.2, 0.25) is 0 Å². The van der Waals surface area contributed by atoms with E-state index in [0.29, 0.717) is 12.1 Å². The van der Waals surface area contributed by atoms with E-state index in [4.69, 9.17) is 5.11 Å². The summed E-state index contributed by atoms with van der Waals surface area (Å²) in [7, 11) is 0. The zero-order chi connectivity index (χ0) is 16.9. The van der Waals surface area contributed by atoms with Crippen LogP contribution in [0.5, 0.6) is 0 Å². The molecule has 1 unspecified atom stereocenters. The summed E-state index contributed by atoms with van der Waals surface area (Å²) in [6.07, 6.45) is -10.2. The lowest BCUT2D eigenvalue weighted by Crippen LogP contribution is -2.58. The molecule has 10 heteroatoms. The third kappa shape index (κ3) is 2.34. The first-order valence-electron chi connectivity index (χ1n) is 5.60. The van der Waals surface area contributed by atoms with E-state index in [1.165, 1.54) is 5.32 Å². The number of aliphatic carboxylic acids is 1. The van der Waals surface area contributed by atoms with Crippen LogP contribution in [0, 0.1) is 0 Å². The molecule has 1 heterocycles. The number of fused-ring (bicyclic) bond motifs is 1. The molecule has 1 atom stereocenters. The molecule has 0 bridgehead atoms. The van der Waals surface area contributed by atoms with Crippen LogP contribution < -0.4 is 5.32 Å². The SMILES string of the molecule is O=C(O)C1(C(F)(F)F)C=C(O)c2ccc(C(F)(F)F)cc2N1. The van der Waals surface area contributed by atoms with E-state index in [1.54, 1.807) is 0 Å². The monoisotopic (exact) mass is 327 g/mol. The summed E-state index contributed by atoms with van der Waals surface area (Å²) in [6.45, 7) is 0. The highest BCUT2D eigenvalue weighted by Gasteiger charge is 2.61. The van der Waals surface area contributed by atoms with Crippen LogP contribution in [-0.4, -0.2) is 27.9 Å². The molecule has 0 spiro atoms. The summed E-state index contributed by atoms with van der Waals surface area (Å²) in [4.78, 5) is 11.0. The second-order valence-electron chi connectivity index (χ2n) is 4.52. The number of aliphatic hydroxyl groups excluding tert-OH is 1. The van der Waals surface area contributed by atoms with Gasteiger partial charge in [-0.25, -0.2) is 4.79 Å². The first kappa shape index (κ1) is 16.0. The third-order valence-corrected chi connectivity index (χ3v) is 3.09. The average Bonchev–Trinajstić information content (AvgIpc) is 2.35. The molecule has 0 radical (unpaired) electrons. The minimum atomic E-state index is -5.39. The van der Waals surface area contributed by atoms with Gasteiger partial charge in [-0.15, -0.1) is 0 Å². The molecule has 0 saturated carbocycles. The molecule has 0 saturated heterocycles. The molecule has 22 heavy (non-hydrogen) atoms. The van der Waals surface area contributed by atoms with Gasteiger partial charge in [-0.05, 0) is 18.2 Å². The summed E-state index contributed by atoms with van der Waals surface area (Å²) in [5.41, 5.74) is -6.15. The Hall–Kier alpha value is -2.39. The lowest BCUT2D eigenvalue weighted by molar-refractivity contribution is -0.187. The Balaban J connectivity index is 2.65. The summed E-state index contributed by atoms with van der Waals surface area (Å²) in [5.74, 6) is -3.49. The van der Waals surface area contributed by atoms with Crippen LogP contribution in [0.1, 0.15) is 11.1 Å². The van der Waals surface area contributed by atoms with E-state index < -0.39 is 40.9 Å². The second-order valence-corrected chi connectivity index (χ2v) is 4.52. The first-order valence-corrected chi connectivity index (χ1v) is 5.60. The molecule has 1 aromatic carbocycles. The predicted octanol–water partition coefficient (Wildman–Crippen LogP) is 3.42. The van der Waals surface area contributed by atoms with Gasteiger partial charge in [-0.3, -0.25) is 0 Å². The molecule has 0 fully saturated rings. The van der Waals surface area contributed by atoms with Crippen molar-refractivity contribution in [2.45, 2.75) is 17.9 Å². The number of anilines is 1. The Morgan fingerprint density at radius 3 is 2.18 bits per heavy atom. The fraction of sp³-hybridized carbons (Fsp3) is 0.250. The number of nitrogens with one attached hydrogen (secondary N) is 1. The lowest BCUT2D eigenvalue weighted by atomic mass is 9.90. The highest BCUT2D eigenvalue weighted by Crippen LogP contribution is 2.43. The number of alkyl halides is 6. The molecule has 120 valence electrons. The number of aliphatic hydroxyl groups is 1. The van der Waals surface area contributed by atoms with E-state index >= 15 is 0 Å². The van der Waals surface area contributed by atoms with Gasteiger partial charge in [0, 0.05) is 17.3 Å². The number of rotatable bonds is 1. The quantitative estimate of drug-likeness (QED) is 0.692. The van der Waals surface area contributed by atoms with Crippen LogP contribution in [0.4, 0.5) is 32.0 Å². The molecule has 4 nitrogen and oxygen atoms in total. The fourth-order valence-electron chi connectivity index (χ4n) is 1.97. The smallest absolute Gasteiger partial charge is 0.426 e. The number of hydrogen-bond acceptors (Lipinski definition) is 3. The van der Waals surface area contributed by atoms with Gasteiger partial charge in [0.2, 0.25) is 0 Å². The Kier molecular flexibility index (Phi) is 3.31. The van der Waals surface area contributed by atoms with E-state index in [-0.39, 0.29) is 11.6 Å². The fourth-order valence-corrected chi connectivity index (χ4v) is 1.97. The molecular formula is C12H7F6NO3. The Morgan fingerprint density at radius 2 is 1.73 bits per heavy atom. The lowest BCUT2D eigenvalue weighted by Gasteiger charge is -2.34. The van der Waals surface area contributed by atoms with Crippen molar-refractivity contribution in [1.82, 2.24) is 0 Å². The number of carbonyl (C=O) groups is 1. The van der Waals surface area contributed by atoms with Crippen molar-refractivity contribution in [3.8, 4) is 0 Å². The minimum absolute atomic E-state index is 0.00489. The number of carboxylic acid groups (broad SMARTS) is 1. The van der Waals surface area contributed by atoms with Crippen LogP contribution >= 0.6 is 0 Å². The molecule has 1 aliphatic rings. The first-order chi connectivity index (χ1) is 9.88.